The van der Waals surface area contributed by atoms with Crippen LogP contribution in [-0.4, -0.2) is 37.4 Å². The quantitative estimate of drug-likeness (QED) is 0.907. The van der Waals surface area contributed by atoms with Crippen molar-refractivity contribution >= 4 is 24.8 Å². The highest BCUT2D eigenvalue weighted by molar-refractivity contribution is 5.85. The third-order valence-electron chi connectivity index (χ3n) is 3.27. The fourth-order valence-electron chi connectivity index (χ4n) is 2.25. The number of nitrogens with zero attached hydrogens (tertiary/aromatic N) is 1. The molecule has 1 aliphatic rings. The molecule has 0 bridgehead atoms. The van der Waals surface area contributed by atoms with E-state index in [1.54, 1.807) is 6.07 Å². The van der Waals surface area contributed by atoms with Gasteiger partial charge in [-0.25, -0.2) is 0 Å². The number of piperazine rings is 1. The van der Waals surface area contributed by atoms with Gasteiger partial charge in [0.15, 0.2) is 0 Å². The standard InChI is InChI=1S/C13H17F3N2O.2ClH/c1-10(18-7-5-17-6-8-18)11-3-2-4-12(9-11)19-13(14,15)16;;/h2-4,9-10,17H,5-8H2,1H3;2*1H/t10-;;/m1../s1. The van der Waals surface area contributed by atoms with Crippen molar-refractivity contribution in [3.63, 3.8) is 0 Å². The van der Waals surface area contributed by atoms with E-state index in [0.29, 0.717) is 0 Å². The average molecular weight is 347 g/mol. The van der Waals surface area contributed by atoms with Gasteiger partial charge in [-0.1, -0.05) is 12.1 Å². The maximum absolute atomic E-state index is 12.2. The van der Waals surface area contributed by atoms with Crippen LogP contribution in [0.3, 0.4) is 0 Å². The first-order valence-corrected chi connectivity index (χ1v) is 6.26. The van der Waals surface area contributed by atoms with E-state index in [2.05, 4.69) is 15.0 Å². The second-order valence-electron chi connectivity index (χ2n) is 4.58. The minimum Gasteiger partial charge on any atom is -0.406 e. The van der Waals surface area contributed by atoms with Crippen LogP contribution < -0.4 is 10.1 Å². The lowest BCUT2D eigenvalue weighted by Crippen LogP contribution is -2.44. The average Bonchev–Trinajstić information content (AvgIpc) is 2.37. The van der Waals surface area contributed by atoms with Crippen molar-refractivity contribution in [2.24, 2.45) is 0 Å². The molecule has 1 aromatic carbocycles. The van der Waals surface area contributed by atoms with Gasteiger partial charge < -0.3 is 10.1 Å². The van der Waals surface area contributed by atoms with E-state index in [1.807, 2.05) is 13.0 Å². The fourth-order valence-corrected chi connectivity index (χ4v) is 2.25. The third-order valence-corrected chi connectivity index (χ3v) is 3.27. The Morgan fingerprint density at radius 2 is 1.81 bits per heavy atom. The molecular weight excluding hydrogens is 328 g/mol. The van der Waals surface area contributed by atoms with Gasteiger partial charge in [-0.15, -0.1) is 38.0 Å². The Kier molecular flexibility index (Phi) is 8.39. The Balaban J connectivity index is 0.00000200. The lowest BCUT2D eigenvalue weighted by molar-refractivity contribution is -0.274. The Labute approximate surface area is 134 Å². The molecule has 0 spiro atoms. The van der Waals surface area contributed by atoms with Crippen molar-refractivity contribution in [3.05, 3.63) is 29.8 Å². The van der Waals surface area contributed by atoms with E-state index >= 15 is 0 Å². The zero-order valence-electron chi connectivity index (χ0n) is 11.5. The molecule has 1 heterocycles. The number of alkyl halides is 3. The van der Waals surface area contributed by atoms with Crippen LogP contribution in [0.5, 0.6) is 5.75 Å². The van der Waals surface area contributed by atoms with Gasteiger partial charge in [-0.05, 0) is 24.6 Å². The molecular formula is C13H19Cl2F3N2O. The second-order valence-corrected chi connectivity index (χ2v) is 4.58. The predicted octanol–water partition coefficient (Wildman–Crippen LogP) is 3.40. The van der Waals surface area contributed by atoms with Gasteiger partial charge in [0, 0.05) is 32.2 Å². The van der Waals surface area contributed by atoms with Crippen LogP contribution in [0.1, 0.15) is 18.5 Å². The van der Waals surface area contributed by atoms with E-state index in [-0.39, 0.29) is 36.6 Å². The van der Waals surface area contributed by atoms with Gasteiger partial charge in [-0.2, -0.15) is 0 Å². The van der Waals surface area contributed by atoms with Crippen LogP contribution in [0.25, 0.3) is 0 Å². The number of halogens is 5. The van der Waals surface area contributed by atoms with Gasteiger partial charge in [0.2, 0.25) is 0 Å². The summed E-state index contributed by atoms with van der Waals surface area (Å²) in [5, 5.41) is 3.25. The summed E-state index contributed by atoms with van der Waals surface area (Å²) in [7, 11) is 0. The fraction of sp³-hybridized carbons (Fsp3) is 0.538. The highest BCUT2D eigenvalue weighted by atomic mass is 35.5. The first-order chi connectivity index (χ1) is 8.96. The Bertz CT molecular complexity index is 426. The van der Waals surface area contributed by atoms with Gasteiger partial charge in [0.05, 0.1) is 0 Å². The lowest BCUT2D eigenvalue weighted by Gasteiger charge is -2.33. The molecule has 1 fully saturated rings. The minimum absolute atomic E-state index is 0. The SMILES string of the molecule is C[C@H](c1cccc(OC(F)(F)F)c1)N1CCNCC1.Cl.Cl. The van der Waals surface area contributed by atoms with Crippen LogP contribution in [0, 0.1) is 0 Å². The number of nitrogens with one attached hydrogen (secondary N) is 1. The zero-order chi connectivity index (χ0) is 13.9. The van der Waals surface area contributed by atoms with E-state index in [1.165, 1.54) is 12.1 Å². The maximum Gasteiger partial charge on any atom is 0.573 e. The summed E-state index contributed by atoms with van der Waals surface area (Å²) in [6.45, 7) is 5.60. The van der Waals surface area contributed by atoms with E-state index < -0.39 is 6.36 Å². The molecule has 0 aromatic heterocycles. The molecule has 0 radical (unpaired) electrons. The van der Waals surface area contributed by atoms with Crippen molar-refractivity contribution in [2.45, 2.75) is 19.3 Å². The van der Waals surface area contributed by atoms with Crippen molar-refractivity contribution in [1.29, 1.82) is 0 Å². The van der Waals surface area contributed by atoms with Gasteiger partial charge in [0.1, 0.15) is 5.75 Å². The summed E-state index contributed by atoms with van der Waals surface area (Å²) >= 11 is 0. The zero-order valence-corrected chi connectivity index (χ0v) is 13.2. The molecule has 0 unspecified atom stereocenters. The third kappa shape index (κ3) is 6.30. The monoisotopic (exact) mass is 346 g/mol. The molecule has 0 aliphatic carbocycles. The summed E-state index contributed by atoms with van der Waals surface area (Å²) in [6.07, 6.45) is -4.64. The predicted molar refractivity (Wildman–Crippen MR) is 80.5 cm³/mol. The van der Waals surface area contributed by atoms with Crippen molar-refractivity contribution in [2.75, 3.05) is 26.2 Å². The normalized spacial score (nSPS) is 17.3. The molecule has 0 saturated carbocycles. The summed E-state index contributed by atoms with van der Waals surface area (Å²) in [5.41, 5.74) is 0.837. The molecule has 1 N–H and O–H groups in total. The second kappa shape index (κ2) is 8.68. The van der Waals surface area contributed by atoms with E-state index in [0.717, 1.165) is 31.7 Å². The summed E-state index contributed by atoms with van der Waals surface area (Å²) in [6, 6.07) is 6.28. The van der Waals surface area contributed by atoms with Crippen LogP contribution in [0.4, 0.5) is 13.2 Å². The van der Waals surface area contributed by atoms with Crippen molar-refractivity contribution in [3.8, 4) is 5.75 Å². The number of hydrogen-bond acceptors (Lipinski definition) is 3. The number of rotatable bonds is 3. The van der Waals surface area contributed by atoms with Crippen molar-refractivity contribution in [1.82, 2.24) is 10.2 Å². The maximum atomic E-state index is 12.2. The van der Waals surface area contributed by atoms with Crippen LogP contribution in [0.2, 0.25) is 0 Å². The largest absolute Gasteiger partial charge is 0.573 e. The van der Waals surface area contributed by atoms with Crippen LogP contribution in [0.15, 0.2) is 24.3 Å². The first-order valence-electron chi connectivity index (χ1n) is 6.26. The molecule has 2 rings (SSSR count). The summed E-state index contributed by atoms with van der Waals surface area (Å²) in [4.78, 5) is 2.24. The number of hydrogen-bond donors (Lipinski definition) is 1. The minimum atomic E-state index is -4.64. The Hall–Kier alpha value is -0.690. The number of ether oxygens (including phenoxy) is 1. The number of benzene rings is 1. The molecule has 1 saturated heterocycles. The lowest BCUT2D eigenvalue weighted by atomic mass is 10.1. The molecule has 1 aromatic rings. The summed E-state index contributed by atoms with van der Waals surface area (Å²) in [5.74, 6) is -0.160. The topological polar surface area (TPSA) is 24.5 Å². The van der Waals surface area contributed by atoms with E-state index in [9.17, 15) is 13.2 Å². The van der Waals surface area contributed by atoms with Crippen LogP contribution in [-0.2, 0) is 0 Å². The Morgan fingerprint density at radius 1 is 1.19 bits per heavy atom. The molecule has 122 valence electrons. The molecule has 1 aliphatic heterocycles. The smallest absolute Gasteiger partial charge is 0.406 e. The van der Waals surface area contributed by atoms with Gasteiger partial charge in [0.25, 0.3) is 0 Å². The molecule has 21 heavy (non-hydrogen) atoms. The van der Waals surface area contributed by atoms with Crippen molar-refractivity contribution < 1.29 is 17.9 Å². The summed E-state index contributed by atoms with van der Waals surface area (Å²) < 4.78 is 40.5. The molecule has 1 atom stereocenters. The van der Waals surface area contributed by atoms with Gasteiger partial charge in [-0.3, -0.25) is 4.90 Å². The van der Waals surface area contributed by atoms with Gasteiger partial charge >= 0.3 is 6.36 Å². The highest BCUT2D eigenvalue weighted by Gasteiger charge is 2.31. The molecule has 3 nitrogen and oxygen atoms in total. The molecule has 0 amide bonds. The van der Waals surface area contributed by atoms with Crippen LogP contribution >= 0.6 is 24.8 Å². The highest BCUT2D eigenvalue weighted by Crippen LogP contribution is 2.27. The van der Waals surface area contributed by atoms with E-state index in [4.69, 9.17) is 0 Å². The Morgan fingerprint density at radius 3 is 2.38 bits per heavy atom. The first kappa shape index (κ1) is 20.3. The molecule has 8 heteroatoms.